The SMILES string of the molecule is Cc1ccc2c(c1)-c1cc(N(C3=CC=CCC3)c3ccccc3)cc(C3=CC4=C(CC3)Cc3ccccc34)c1C2. The lowest BCUT2D eigenvalue weighted by Gasteiger charge is -2.30. The van der Waals surface area contributed by atoms with Gasteiger partial charge in [0.2, 0.25) is 0 Å². The zero-order valence-electron chi connectivity index (χ0n) is 23.1. The van der Waals surface area contributed by atoms with E-state index in [0.29, 0.717) is 0 Å². The number of fused-ring (bicyclic) bond motifs is 5. The Morgan fingerprint density at radius 2 is 1.48 bits per heavy atom. The molecule has 0 spiro atoms. The molecule has 0 unspecified atom stereocenters. The van der Waals surface area contributed by atoms with Crippen molar-refractivity contribution in [3.8, 4) is 11.1 Å². The molecule has 0 saturated heterocycles. The van der Waals surface area contributed by atoms with Crippen LogP contribution in [0.1, 0.15) is 59.1 Å². The second-order valence-electron chi connectivity index (χ2n) is 11.7. The van der Waals surface area contributed by atoms with Crippen LogP contribution in [0.5, 0.6) is 0 Å². The highest BCUT2D eigenvalue weighted by Gasteiger charge is 2.29. The van der Waals surface area contributed by atoms with Crippen LogP contribution in [0, 0.1) is 6.92 Å². The summed E-state index contributed by atoms with van der Waals surface area (Å²) in [7, 11) is 0. The largest absolute Gasteiger partial charge is 0.314 e. The fourth-order valence-corrected chi connectivity index (χ4v) is 7.22. The van der Waals surface area contributed by atoms with Gasteiger partial charge in [-0.25, -0.2) is 0 Å². The average Bonchev–Trinajstić information content (AvgIpc) is 3.56. The Morgan fingerprint density at radius 1 is 0.650 bits per heavy atom. The minimum atomic E-state index is 1.01. The molecule has 0 fully saturated rings. The van der Waals surface area contributed by atoms with Crippen molar-refractivity contribution in [1.29, 1.82) is 0 Å². The van der Waals surface area contributed by atoms with Crippen LogP contribution >= 0.6 is 0 Å². The molecular formula is C39H33N. The van der Waals surface area contributed by atoms with Crippen LogP contribution in [-0.4, -0.2) is 0 Å². The molecule has 0 heterocycles. The lowest BCUT2D eigenvalue weighted by Crippen LogP contribution is -2.18. The number of hydrogen-bond donors (Lipinski definition) is 0. The van der Waals surface area contributed by atoms with Gasteiger partial charge in [-0.1, -0.05) is 90.0 Å². The fourth-order valence-electron chi connectivity index (χ4n) is 7.22. The Balaban J connectivity index is 1.34. The van der Waals surface area contributed by atoms with E-state index in [1.54, 1.807) is 5.57 Å². The molecule has 0 atom stereocenters. The summed E-state index contributed by atoms with van der Waals surface area (Å²) in [5, 5.41) is 0. The van der Waals surface area contributed by atoms with Gasteiger partial charge in [-0.2, -0.15) is 0 Å². The molecule has 1 heteroatoms. The third-order valence-corrected chi connectivity index (χ3v) is 9.16. The van der Waals surface area contributed by atoms with E-state index in [2.05, 4.69) is 121 Å². The minimum absolute atomic E-state index is 1.01. The van der Waals surface area contributed by atoms with Crippen LogP contribution in [0.15, 0.2) is 121 Å². The van der Waals surface area contributed by atoms with Crippen molar-refractivity contribution < 1.29 is 0 Å². The van der Waals surface area contributed by atoms with E-state index in [9.17, 15) is 0 Å². The number of hydrogen-bond acceptors (Lipinski definition) is 1. The first-order chi connectivity index (χ1) is 19.7. The highest BCUT2D eigenvalue weighted by molar-refractivity contribution is 5.95. The van der Waals surface area contributed by atoms with Gasteiger partial charge in [-0.3, -0.25) is 0 Å². The molecule has 0 saturated carbocycles. The number of benzene rings is 4. The molecule has 0 aromatic heterocycles. The van der Waals surface area contributed by atoms with Crippen LogP contribution < -0.4 is 4.90 Å². The first-order valence-electron chi connectivity index (χ1n) is 14.7. The van der Waals surface area contributed by atoms with Crippen molar-refractivity contribution in [2.45, 2.75) is 45.4 Å². The highest BCUT2D eigenvalue weighted by Crippen LogP contribution is 2.49. The Bertz CT molecular complexity index is 1790. The molecule has 4 aliphatic rings. The molecule has 4 aliphatic carbocycles. The summed E-state index contributed by atoms with van der Waals surface area (Å²) in [6.07, 6.45) is 15.8. The number of aryl methyl sites for hydroxylation is 1. The zero-order chi connectivity index (χ0) is 26.6. The Labute approximate surface area is 237 Å². The molecule has 1 nitrogen and oxygen atoms in total. The second kappa shape index (κ2) is 9.38. The molecule has 0 radical (unpaired) electrons. The molecule has 0 amide bonds. The summed E-state index contributed by atoms with van der Waals surface area (Å²) in [5.41, 5.74) is 19.9. The van der Waals surface area contributed by atoms with Gasteiger partial charge in [0, 0.05) is 17.1 Å². The summed E-state index contributed by atoms with van der Waals surface area (Å²) < 4.78 is 0. The fraction of sp³-hybridized carbons (Fsp3) is 0.179. The predicted molar refractivity (Wildman–Crippen MR) is 169 cm³/mol. The van der Waals surface area contributed by atoms with Gasteiger partial charge in [-0.15, -0.1) is 0 Å². The van der Waals surface area contributed by atoms with Crippen molar-refractivity contribution >= 4 is 22.5 Å². The van der Waals surface area contributed by atoms with Crippen molar-refractivity contribution in [1.82, 2.24) is 0 Å². The van der Waals surface area contributed by atoms with Gasteiger partial charge in [0.05, 0.1) is 0 Å². The van der Waals surface area contributed by atoms with Gasteiger partial charge in [-0.05, 0) is 126 Å². The van der Waals surface area contributed by atoms with E-state index in [1.165, 1.54) is 72.7 Å². The molecule has 194 valence electrons. The Morgan fingerprint density at radius 3 is 2.35 bits per heavy atom. The zero-order valence-corrected chi connectivity index (χ0v) is 23.1. The molecule has 8 rings (SSSR count). The van der Waals surface area contributed by atoms with E-state index in [-0.39, 0.29) is 0 Å². The number of rotatable bonds is 4. The summed E-state index contributed by atoms with van der Waals surface area (Å²) in [6, 6.07) is 31.9. The van der Waals surface area contributed by atoms with Crippen LogP contribution in [0.3, 0.4) is 0 Å². The second-order valence-corrected chi connectivity index (χ2v) is 11.7. The van der Waals surface area contributed by atoms with E-state index in [0.717, 1.165) is 38.5 Å². The lowest BCUT2D eigenvalue weighted by atomic mass is 9.85. The number of anilines is 2. The van der Waals surface area contributed by atoms with Gasteiger partial charge in [0.1, 0.15) is 0 Å². The molecule has 40 heavy (non-hydrogen) atoms. The third-order valence-electron chi connectivity index (χ3n) is 9.16. The van der Waals surface area contributed by atoms with Crippen LogP contribution in [0.25, 0.3) is 22.3 Å². The standard InChI is InChI=1S/C39H33N/c1-26-16-17-29-23-38-37(30-19-18-28-21-27-10-8-9-15-34(27)36(28)22-30)24-33(25-39(38)35(29)20-26)40(31-11-4-2-5-12-31)32-13-6-3-7-14-32/h2-6,8-13,15-17,20,22,24-25H,7,14,18-19,21,23H2,1H3. The normalized spacial score (nSPS) is 16.6. The van der Waals surface area contributed by atoms with E-state index in [1.807, 2.05) is 0 Å². The number of nitrogens with zero attached hydrogens (tertiary/aromatic N) is 1. The maximum atomic E-state index is 2.54. The first kappa shape index (κ1) is 23.5. The first-order valence-corrected chi connectivity index (χ1v) is 14.7. The minimum Gasteiger partial charge on any atom is -0.314 e. The molecule has 0 bridgehead atoms. The van der Waals surface area contributed by atoms with Crippen molar-refractivity contribution in [3.05, 3.63) is 154 Å². The van der Waals surface area contributed by atoms with E-state index in [4.69, 9.17) is 0 Å². The monoisotopic (exact) mass is 515 g/mol. The number of allylic oxidation sites excluding steroid dienone is 8. The maximum absolute atomic E-state index is 2.54. The van der Waals surface area contributed by atoms with Gasteiger partial charge >= 0.3 is 0 Å². The molecule has 4 aromatic rings. The van der Waals surface area contributed by atoms with E-state index >= 15 is 0 Å². The van der Waals surface area contributed by atoms with Crippen molar-refractivity contribution in [2.24, 2.45) is 0 Å². The summed E-state index contributed by atoms with van der Waals surface area (Å²) in [4.78, 5) is 2.50. The average molecular weight is 516 g/mol. The Hall–Kier alpha value is -4.36. The number of para-hydroxylation sites is 1. The molecular weight excluding hydrogens is 482 g/mol. The van der Waals surface area contributed by atoms with Crippen LogP contribution in [0.4, 0.5) is 11.4 Å². The van der Waals surface area contributed by atoms with Crippen LogP contribution in [0.2, 0.25) is 0 Å². The summed E-state index contributed by atoms with van der Waals surface area (Å²) in [5.74, 6) is 0. The molecule has 0 aliphatic heterocycles. The maximum Gasteiger partial charge on any atom is 0.0470 e. The topological polar surface area (TPSA) is 3.24 Å². The summed E-state index contributed by atoms with van der Waals surface area (Å²) >= 11 is 0. The van der Waals surface area contributed by atoms with Gasteiger partial charge in [0.25, 0.3) is 0 Å². The predicted octanol–water partition coefficient (Wildman–Crippen LogP) is 10.1. The van der Waals surface area contributed by atoms with Gasteiger partial charge in [0.15, 0.2) is 0 Å². The third kappa shape index (κ3) is 3.84. The van der Waals surface area contributed by atoms with Crippen molar-refractivity contribution in [3.63, 3.8) is 0 Å². The molecule has 0 N–H and O–H groups in total. The Kier molecular flexibility index (Phi) is 5.52. The lowest BCUT2D eigenvalue weighted by molar-refractivity contribution is 0.916. The smallest absolute Gasteiger partial charge is 0.0470 e. The quantitative estimate of drug-likeness (QED) is 0.230. The molecule has 4 aromatic carbocycles. The van der Waals surface area contributed by atoms with Gasteiger partial charge < -0.3 is 4.90 Å². The summed E-state index contributed by atoms with van der Waals surface area (Å²) in [6.45, 7) is 2.22. The van der Waals surface area contributed by atoms with Crippen molar-refractivity contribution in [2.75, 3.05) is 4.90 Å². The highest BCUT2D eigenvalue weighted by atomic mass is 15.1. The van der Waals surface area contributed by atoms with Crippen LogP contribution in [-0.2, 0) is 12.8 Å². The van der Waals surface area contributed by atoms with E-state index < -0.39 is 0 Å².